The summed E-state index contributed by atoms with van der Waals surface area (Å²) < 4.78 is 0. The zero-order valence-corrected chi connectivity index (χ0v) is 7.41. The monoisotopic (exact) mass is 170 g/mol. The van der Waals surface area contributed by atoms with Crippen LogP contribution in [0.4, 0.5) is 0 Å². The van der Waals surface area contributed by atoms with Crippen molar-refractivity contribution in [1.82, 2.24) is 0 Å². The van der Waals surface area contributed by atoms with E-state index >= 15 is 0 Å². The van der Waals surface area contributed by atoms with Crippen LogP contribution in [-0.2, 0) is 9.63 Å². The Bertz CT molecular complexity index is 213. The number of rotatable bonds is 3. The second kappa shape index (κ2) is 3.67. The number of carbonyl (C=O) groups is 1. The second-order valence-corrected chi connectivity index (χ2v) is 3.26. The Hall–Kier alpha value is -0.900. The van der Waals surface area contributed by atoms with Crippen molar-refractivity contribution in [3.05, 3.63) is 0 Å². The van der Waals surface area contributed by atoms with Gasteiger partial charge in [-0.3, -0.25) is 0 Å². The summed E-state index contributed by atoms with van der Waals surface area (Å²) in [6, 6.07) is 0. The Morgan fingerprint density at radius 1 is 1.75 bits per heavy atom. The van der Waals surface area contributed by atoms with Gasteiger partial charge in [0, 0.05) is 0 Å². The van der Waals surface area contributed by atoms with E-state index in [2.05, 4.69) is 9.99 Å². The zero-order valence-electron chi connectivity index (χ0n) is 7.41. The molecule has 1 aliphatic rings. The molecule has 0 saturated carbocycles. The maximum Gasteiger partial charge on any atom is 0.343 e. The molecule has 1 aliphatic heterocycles. The van der Waals surface area contributed by atoms with Gasteiger partial charge in [-0.05, 0) is 25.8 Å². The van der Waals surface area contributed by atoms with Crippen molar-refractivity contribution in [3.8, 4) is 0 Å². The summed E-state index contributed by atoms with van der Waals surface area (Å²) in [5.41, 5.74) is 6.27. The van der Waals surface area contributed by atoms with Gasteiger partial charge in [0.05, 0.1) is 11.6 Å². The highest BCUT2D eigenvalue weighted by molar-refractivity contribution is 6.04. The first-order valence-electron chi connectivity index (χ1n) is 4.12. The second-order valence-electron chi connectivity index (χ2n) is 3.26. The molecule has 2 unspecified atom stereocenters. The van der Waals surface area contributed by atoms with E-state index in [1.165, 1.54) is 0 Å². The Kier molecular flexibility index (Phi) is 2.81. The van der Waals surface area contributed by atoms with Crippen molar-refractivity contribution in [3.63, 3.8) is 0 Å². The van der Waals surface area contributed by atoms with Gasteiger partial charge in [-0.25, -0.2) is 4.79 Å². The molecule has 0 aromatic heterocycles. The summed E-state index contributed by atoms with van der Waals surface area (Å²) >= 11 is 0. The first-order valence-corrected chi connectivity index (χ1v) is 4.12. The molecule has 1 heterocycles. The van der Waals surface area contributed by atoms with Crippen LogP contribution in [0.1, 0.15) is 20.3 Å². The first kappa shape index (κ1) is 9.19. The molecular weight excluding hydrogens is 156 g/mol. The quantitative estimate of drug-likeness (QED) is 0.628. The van der Waals surface area contributed by atoms with Crippen molar-refractivity contribution in [2.45, 2.75) is 20.3 Å². The fourth-order valence-corrected chi connectivity index (χ4v) is 1.05. The maximum absolute atomic E-state index is 10.9. The Labute approximate surface area is 71.8 Å². The van der Waals surface area contributed by atoms with Crippen molar-refractivity contribution >= 4 is 11.7 Å². The molecule has 4 nitrogen and oxygen atoms in total. The molecular formula is C8H14N2O2. The normalized spacial score (nSPS) is 25.1. The molecule has 1 rings (SSSR count). The van der Waals surface area contributed by atoms with Crippen molar-refractivity contribution < 1.29 is 9.63 Å². The molecule has 0 radical (unpaired) electrons. The minimum Gasteiger partial charge on any atom is -0.330 e. The summed E-state index contributed by atoms with van der Waals surface area (Å²) in [5, 5.41) is 3.70. The maximum atomic E-state index is 10.9. The van der Waals surface area contributed by atoms with Gasteiger partial charge in [-0.1, -0.05) is 12.1 Å². The predicted molar refractivity (Wildman–Crippen MR) is 45.5 cm³/mol. The molecule has 0 saturated heterocycles. The molecule has 0 aliphatic carbocycles. The highest BCUT2D eigenvalue weighted by Crippen LogP contribution is 2.16. The van der Waals surface area contributed by atoms with E-state index in [0.29, 0.717) is 12.5 Å². The largest absolute Gasteiger partial charge is 0.343 e. The van der Waals surface area contributed by atoms with Crippen molar-refractivity contribution in [2.75, 3.05) is 6.54 Å². The Morgan fingerprint density at radius 3 is 2.83 bits per heavy atom. The molecule has 0 fully saturated rings. The van der Waals surface area contributed by atoms with Gasteiger partial charge in [0.25, 0.3) is 0 Å². The molecule has 68 valence electrons. The third-order valence-corrected chi connectivity index (χ3v) is 2.07. The number of nitrogens with zero attached hydrogens (tertiary/aromatic N) is 1. The molecule has 4 heteroatoms. The zero-order chi connectivity index (χ0) is 9.14. The Morgan fingerprint density at radius 2 is 2.42 bits per heavy atom. The lowest BCUT2D eigenvalue weighted by Gasteiger charge is -2.07. The topological polar surface area (TPSA) is 64.7 Å². The van der Waals surface area contributed by atoms with Crippen LogP contribution >= 0.6 is 0 Å². The fraction of sp³-hybridized carbons (Fsp3) is 0.750. The molecule has 12 heavy (non-hydrogen) atoms. The molecule has 0 aromatic carbocycles. The molecule has 2 N–H and O–H groups in total. The third kappa shape index (κ3) is 1.82. The average Bonchev–Trinajstić information content (AvgIpc) is 2.36. The lowest BCUT2D eigenvalue weighted by Crippen LogP contribution is -2.20. The van der Waals surface area contributed by atoms with Crippen LogP contribution in [0.25, 0.3) is 0 Å². The van der Waals surface area contributed by atoms with E-state index in [0.717, 1.165) is 12.1 Å². The van der Waals surface area contributed by atoms with Gasteiger partial charge in [0.1, 0.15) is 0 Å². The van der Waals surface area contributed by atoms with Crippen LogP contribution in [0.5, 0.6) is 0 Å². The summed E-state index contributed by atoms with van der Waals surface area (Å²) in [5.74, 6) is -0.0751. The number of oxime groups is 1. The highest BCUT2D eigenvalue weighted by Gasteiger charge is 2.28. The van der Waals surface area contributed by atoms with Gasteiger partial charge >= 0.3 is 5.97 Å². The number of hydrogen-bond acceptors (Lipinski definition) is 4. The van der Waals surface area contributed by atoms with E-state index < -0.39 is 0 Å². The van der Waals surface area contributed by atoms with E-state index in [-0.39, 0.29) is 11.9 Å². The number of hydrogen-bond donors (Lipinski definition) is 1. The van der Waals surface area contributed by atoms with Crippen LogP contribution in [0.15, 0.2) is 5.16 Å². The van der Waals surface area contributed by atoms with Gasteiger partial charge in [-0.2, -0.15) is 0 Å². The number of nitrogens with two attached hydrogens (primary N) is 1. The molecule has 0 bridgehead atoms. The minimum absolute atomic E-state index is 0.181. The molecule has 0 spiro atoms. The summed E-state index contributed by atoms with van der Waals surface area (Å²) in [7, 11) is 0. The van der Waals surface area contributed by atoms with Gasteiger partial charge in [0.2, 0.25) is 0 Å². The fourth-order valence-electron chi connectivity index (χ4n) is 1.05. The smallest absolute Gasteiger partial charge is 0.330 e. The van der Waals surface area contributed by atoms with E-state index in [4.69, 9.17) is 5.73 Å². The Balaban J connectivity index is 2.49. The van der Waals surface area contributed by atoms with E-state index in [1.54, 1.807) is 6.92 Å². The number of carbonyl (C=O) groups excluding carboxylic acids is 1. The first-order chi connectivity index (χ1) is 5.65. The van der Waals surface area contributed by atoms with Gasteiger partial charge in [0.15, 0.2) is 0 Å². The SMILES string of the molecule is CC(CN)CC1=NOC(=O)C1C. The predicted octanol–water partition coefficient (Wildman–Crippen LogP) is 0.520. The van der Waals surface area contributed by atoms with Gasteiger partial charge in [-0.15, -0.1) is 0 Å². The highest BCUT2D eigenvalue weighted by atomic mass is 16.7. The summed E-state index contributed by atoms with van der Waals surface area (Å²) in [6.07, 6.45) is 0.753. The lowest BCUT2D eigenvalue weighted by molar-refractivity contribution is -0.142. The molecule has 2 atom stereocenters. The van der Waals surface area contributed by atoms with Crippen LogP contribution in [0.3, 0.4) is 0 Å². The van der Waals surface area contributed by atoms with Crippen LogP contribution in [-0.4, -0.2) is 18.2 Å². The van der Waals surface area contributed by atoms with E-state index in [9.17, 15) is 4.79 Å². The van der Waals surface area contributed by atoms with Crippen LogP contribution < -0.4 is 5.73 Å². The molecule has 0 aromatic rings. The third-order valence-electron chi connectivity index (χ3n) is 2.07. The van der Waals surface area contributed by atoms with Crippen LogP contribution in [0.2, 0.25) is 0 Å². The van der Waals surface area contributed by atoms with E-state index in [1.807, 2.05) is 6.92 Å². The molecule has 0 amide bonds. The van der Waals surface area contributed by atoms with Crippen molar-refractivity contribution in [2.24, 2.45) is 22.7 Å². The lowest BCUT2D eigenvalue weighted by atomic mass is 9.96. The summed E-state index contributed by atoms with van der Waals surface area (Å²) in [6.45, 7) is 4.44. The van der Waals surface area contributed by atoms with Crippen LogP contribution in [0, 0.1) is 11.8 Å². The summed E-state index contributed by atoms with van der Waals surface area (Å²) in [4.78, 5) is 15.4. The van der Waals surface area contributed by atoms with Crippen molar-refractivity contribution in [1.29, 1.82) is 0 Å². The standard InChI is InChI=1S/C8H14N2O2/c1-5(4-9)3-7-6(2)8(11)12-10-7/h5-6H,3-4,9H2,1-2H3. The minimum atomic E-state index is -0.255. The van der Waals surface area contributed by atoms with Gasteiger partial charge < -0.3 is 10.6 Å². The average molecular weight is 170 g/mol.